The zero-order valence-electron chi connectivity index (χ0n) is 12.7. The van der Waals surface area contributed by atoms with Crippen molar-refractivity contribution in [1.29, 1.82) is 0 Å². The highest BCUT2D eigenvalue weighted by Gasteiger charge is 2.28. The van der Waals surface area contributed by atoms with Crippen LogP contribution >= 0.6 is 0 Å². The van der Waals surface area contributed by atoms with E-state index in [0.29, 0.717) is 12.6 Å². The van der Waals surface area contributed by atoms with Gasteiger partial charge < -0.3 is 4.74 Å². The lowest BCUT2D eigenvalue weighted by molar-refractivity contribution is -0.146. The summed E-state index contributed by atoms with van der Waals surface area (Å²) in [5.41, 5.74) is 1.81. The van der Waals surface area contributed by atoms with Gasteiger partial charge in [-0.3, -0.25) is 10.00 Å². The Bertz CT molecular complexity index is 450. The van der Waals surface area contributed by atoms with E-state index >= 15 is 0 Å². The smallest absolute Gasteiger partial charge is 0.327 e. The van der Waals surface area contributed by atoms with E-state index in [-0.39, 0.29) is 5.97 Å². The predicted octanol–water partition coefficient (Wildman–Crippen LogP) is 2.26. The van der Waals surface area contributed by atoms with Crippen LogP contribution in [0.2, 0.25) is 0 Å². The normalized spacial score (nSPS) is 17.9. The molecule has 5 heteroatoms. The maximum atomic E-state index is 12.3. The fraction of sp³-hybridized carbons (Fsp3) is 0.733. The molecule has 1 aliphatic rings. The molecule has 0 aliphatic heterocycles. The molecule has 1 aromatic rings. The Morgan fingerprint density at radius 1 is 1.50 bits per heavy atom. The Hall–Kier alpha value is -1.36. The molecular formula is C15H25N3O2. The van der Waals surface area contributed by atoms with Crippen LogP contribution in [-0.4, -0.2) is 28.4 Å². The fourth-order valence-corrected chi connectivity index (χ4v) is 2.92. The summed E-state index contributed by atoms with van der Waals surface area (Å²) in [4.78, 5) is 12.3. The van der Waals surface area contributed by atoms with E-state index in [1.165, 1.54) is 19.3 Å². The number of carbonyl (C=O) groups is 1. The third-order valence-corrected chi connectivity index (χ3v) is 3.89. The van der Waals surface area contributed by atoms with E-state index in [0.717, 1.165) is 24.1 Å². The number of hydrogen-bond donors (Lipinski definition) is 1. The van der Waals surface area contributed by atoms with Gasteiger partial charge in [-0.15, -0.1) is 0 Å². The molecule has 1 fully saturated rings. The van der Waals surface area contributed by atoms with Crippen molar-refractivity contribution in [2.45, 2.75) is 58.0 Å². The average molecular weight is 279 g/mol. The van der Waals surface area contributed by atoms with E-state index in [1.54, 1.807) is 4.68 Å². The zero-order valence-corrected chi connectivity index (χ0v) is 12.7. The number of nitrogens with one attached hydrogen (secondary N) is 1. The molecule has 1 saturated carbocycles. The van der Waals surface area contributed by atoms with Gasteiger partial charge in [0.25, 0.3) is 0 Å². The SMILES string of the molecule is CCOC(=O)C(NC1CCCCC1)c1cn(C)nc1C. The molecule has 0 spiro atoms. The van der Waals surface area contributed by atoms with Crippen LogP contribution in [0, 0.1) is 6.92 Å². The highest BCUT2D eigenvalue weighted by molar-refractivity contribution is 5.78. The van der Waals surface area contributed by atoms with E-state index in [9.17, 15) is 4.79 Å². The lowest BCUT2D eigenvalue weighted by atomic mass is 9.94. The number of esters is 1. The maximum Gasteiger partial charge on any atom is 0.327 e. The van der Waals surface area contributed by atoms with Crippen molar-refractivity contribution in [3.63, 3.8) is 0 Å². The molecule has 1 aromatic heterocycles. The standard InChI is InChI=1S/C15H25N3O2/c1-4-20-15(19)14(13-10-18(3)17-11(13)2)16-12-8-6-5-7-9-12/h10,12,14,16H,4-9H2,1-3H3. The van der Waals surface area contributed by atoms with Crippen LogP contribution in [0.15, 0.2) is 6.20 Å². The first kappa shape index (κ1) is 15.0. The average Bonchev–Trinajstić information content (AvgIpc) is 2.76. The second-order valence-corrected chi connectivity index (χ2v) is 5.53. The number of aryl methyl sites for hydroxylation is 2. The van der Waals surface area contributed by atoms with Gasteiger partial charge in [-0.05, 0) is 26.7 Å². The Labute approximate surface area is 120 Å². The van der Waals surface area contributed by atoms with Crippen LogP contribution in [0.25, 0.3) is 0 Å². The lowest BCUT2D eigenvalue weighted by Gasteiger charge is -2.27. The number of hydrogen-bond acceptors (Lipinski definition) is 4. The largest absolute Gasteiger partial charge is 0.465 e. The number of nitrogens with zero attached hydrogens (tertiary/aromatic N) is 2. The van der Waals surface area contributed by atoms with Gasteiger partial charge in [-0.2, -0.15) is 5.10 Å². The summed E-state index contributed by atoms with van der Waals surface area (Å²) in [6.07, 6.45) is 7.95. The van der Waals surface area contributed by atoms with Gasteiger partial charge in [-0.25, -0.2) is 4.79 Å². The monoisotopic (exact) mass is 279 g/mol. The first-order chi connectivity index (χ1) is 9.61. The van der Waals surface area contributed by atoms with Crippen molar-refractivity contribution in [2.75, 3.05) is 6.61 Å². The summed E-state index contributed by atoms with van der Waals surface area (Å²) in [5, 5.41) is 7.82. The van der Waals surface area contributed by atoms with Gasteiger partial charge in [0.2, 0.25) is 0 Å². The first-order valence-corrected chi connectivity index (χ1v) is 7.54. The molecule has 0 bridgehead atoms. The van der Waals surface area contributed by atoms with Crippen molar-refractivity contribution in [3.05, 3.63) is 17.5 Å². The van der Waals surface area contributed by atoms with Gasteiger partial charge in [0.05, 0.1) is 12.3 Å². The van der Waals surface area contributed by atoms with Crippen molar-refractivity contribution in [2.24, 2.45) is 7.05 Å². The minimum Gasteiger partial charge on any atom is -0.465 e. The maximum absolute atomic E-state index is 12.3. The summed E-state index contributed by atoms with van der Waals surface area (Å²) >= 11 is 0. The molecule has 0 radical (unpaired) electrons. The second-order valence-electron chi connectivity index (χ2n) is 5.53. The van der Waals surface area contributed by atoms with E-state index in [4.69, 9.17) is 4.74 Å². The second kappa shape index (κ2) is 6.88. The van der Waals surface area contributed by atoms with Crippen LogP contribution in [0.5, 0.6) is 0 Å². The van der Waals surface area contributed by atoms with Gasteiger partial charge in [-0.1, -0.05) is 19.3 Å². The van der Waals surface area contributed by atoms with E-state index in [1.807, 2.05) is 27.1 Å². The van der Waals surface area contributed by atoms with Gasteiger partial charge >= 0.3 is 5.97 Å². The predicted molar refractivity (Wildman–Crippen MR) is 77.3 cm³/mol. The fourth-order valence-electron chi connectivity index (χ4n) is 2.92. The molecular weight excluding hydrogens is 254 g/mol. The molecule has 0 aromatic carbocycles. The van der Waals surface area contributed by atoms with E-state index in [2.05, 4.69) is 10.4 Å². The summed E-state index contributed by atoms with van der Waals surface area (Å²) < 4.78 is 6.98. The topological polar surface area (TPSA) is 56.1 Å². The molecule has 1 N–H and O–H groups in total. The van der Waals surface area contributed by atoms with E-state index < -0.39 is 6.04 Å². The summed E-state index contributed by atoms with van der Waals surface area (Å²) in [5.74, 6) is -0.200. The molecule has 5 nitrogen and oxygen atoms in total. The number of ether oxygens (including phenoxy) is 1. The minimum atomic E-state index is -0.397. The van der Waals surface area contributed by atoms with Crippen LogP contribution in [-0.2, 0) is 16.6 Å². The van der Waals surface area contributed by atoms with Gasteiger partial charge in [0, 0.05) is 24.8 Å². The quantitative estimate of drug-likeness (QED) is 0.840. The van der Waals surface area contributed by atoms with Crippen molar-refractivity contribution in [1.82, 2.24) is 15.1 Å². The molecule has 2 rings (SSSR count). The van der Waals surface area contributed by atoms with Gasteiger partial charge in [0.15, 0.2) is 0 Å². The van der Waals surface area contributed by atoms with Crippen LogP contribution < -0.4 is 5.32 Å². The highest BCUT2D eigenvalue weighted by atomic mass is 16.5. The molecule has 1 unspecified atom stereocenters. The third-order valence-electron chi connectivity index (χ3n) is 3.89. The Morgan fingerprint density at radius 3 is 2.75 bits per heavy atom. The Balaban J connectivity index is 2.15. The highest BCUT2D eigenvalue weighted by Crippen LogP contribution is 2.24. The number of carbonyl (C=O) groups excluding carboxylic acids is 1. The van der Waals surface area contributed by atoms with Crippen LogP contribution in [0.4, 0.5) is 0 Å². The van der Waals surface area contributed by atoms with Crippen molar-refractivity contribution in [3.8, 4) is 0 Å². The molecule has 1 aliphatic carbocycles. The minimum absolute atomic E-state index is 0.200. The van der Waals surface area contributed by atoms with Crippen LogP contribution in [0.3, 0.4) is 0 Å². The molecule has 0 saturated heterocycles. The number of aromatic nitrogens is 2. The Morgan fingerprint density at radius 2 is 2.20 bits per heavy atom. The van der Waals surface area contributed by atoms with Crippen LogP contribution in [0.1, 0.15) is 56.3 Å². The third kappa shape index (κ3) is 3.60. The summed E-state index contributed by atoms with van der Waals surface area (Å²) in [7, 11) is 1.87. The Kier molecular flexibility index (Phi) is 5.17. The van der Waals surface area contributed by atoms with Crippen molar-refractivity contribution >= 4 is 5.97 Å². The van der Waals surface area contributed by atoms with Crippen molar-refractivity contribution < 1.29 is 9.53 Å². The van der Waals surface area contributed by atoms with Gasteiger partial charge in [0.1, 0.15) is 6.04 Å². The zero-order chi connectivity index (χ0) is 14.5. The first-order valence-electron chi connectivity index (χ1n) is 7.54. The summed E-state index contributed by atoms with van der Waals surface area (Å²) in [6, 6.07) is 0.00418. The summed E-state index contributed by atoms with van der Waals surface area (Å²) in [6.45, 7) is 4.18. The molecule has 1 atom stereocenters. The molecule has 112 valence electrons. The lowest BCUT2D eigenvalue weighted by Crippen LogP contribution is -2.39. The molecule has 0 amide bonds. The molecule has 1 heterocycles. The number of rotatable bonds is 5. The molecule has 20 heavy (non-hydrogen) atoms.